The zero-order valence-electron chi connectivity index (χ0n) is 24.9. The van der Waals surface area contributed by atoms with Crippen LogP contribution in [-0.2, 0) is 14.5 Å². The van der Waals surface area contributed by atoms with Crippen molar-refractivity contribution in [2.45, 2.75) is 151 Å². The first-order valence-electron chi connectivity index (χ1n) is 15.2. The maximum Gasteiger partial charge on any atom is 0.180 e. The molecular weight excluding hydrogens is 436 g/mol. The highest BCUT2D eigenvalue weighted by Crippen LogP contribution is 2.28. The molecule has 0 amide bonds. The fourth-order valence-corrected chi connectivity index (χ4v) is 5.85. The second-order valence-corrected chi connectivity index (χ2v) is 12.1. The van der Waals surface area contributed by atoms with Crippen LogP contribution in [0.25, 0.3) is 0 Å². The predicted octanol–water partition coefficient (Wildman–Crippen LogP) is 9.34. The van der Waals surface area contributed by atoms with Crippen molar-refractivity contribution in [3.63, 3.8) is 0 Å². The quantitative estimate of drug-likeness (QED) is 0.0556. The zero-order chi connectivity index (χ0) is 26.3. The molecule has 6 unspecified atom stereocenters. The first-order valence-corrected chi connectivity index (χ1v) is 15.2. The van der Waals surface area contributed by atoms with E-state index in [0.717, 1.165) is 49.5 Å². The normalized spacial score (nSPS) is 17.1. The molecule has 0 saturated carbocycles. The van der Waals surface area contributed by atoms with Crippen LogP contribution in [0, 0.1) is 29.6 Å². The first-order chi connectivity index (χ1) is 16.7. The van der Waals surface area contributed by atoms with Crippen LogP contribution in [0.4, 0.5) is 0 Å². The molecule has 0 saturated heterocycles. The Balaban J connectivity index is 3.57. The van der Waals surface area contributed by atoms with E-state index in [-0.39, 0.29) is 12.9 Å². The van der Waals surface area contributed by atoms with Crippen molar-refractivity contribution in [2.24, 2.45) is 29.6 Å². The fourth-order valence-electron chi connectivity index (χ4n) is 5.85. The maximum absolute atomic E-state index is 9.58. The van der Waals surface area contributed by atoms with Gasteiger partial charge < -0.3 is 9.84 Å². The molecule has 0 aromatic carbocycles. The second kappa shape index (κ2) is 24.2. The van der Waals surface area contributed by atoms with Crippen molar-refractivity contribution in [3.8, 4) is 0 Å². The Labute approximate surface area is 220 Å². The van der Waals surface area contributed by atoms with E-state index in [2.05, 4.69) is 41.5 Å². The van der Waals surface area contributed by atoms with Gasteiger partial charge in [0.05, 0.1) is 12.7 Å². The molecule has 0 aliphatic heterocycles. The monoisotopic (exact) mass is 500 g/mol. The molecule has 0 radical (unpaired) electrons. The van der Waals surface area contributed by atoms with Gasteiger partial charge in [0, 0.05) is 6.61 Å². The van der Waals surface area contributed by atoms with Crippen LogP contribution in [0.15, 0.2) is 0 Å². The third-order valence-electron chi connectivity index (χ3n) is 7.24. The standard InChI is InChI=1S/C31H64O4/c1-8-9-10-11-12-13-14-15-18-33-25-35-34-19-16-17-26(2)20-27(3)21-28(4)22-29(5)23-30(6)24-31(7)32/h26-32H,8-25H2,1-7H3. The summed E-state index contributed by atoms with van der Waals surface area (Å²) in [6.45, 7) is 17.7. The number of unbranched alkanes of at least 4 members (excludes halogenated alkanes) is 7. The van der Waals surface area contributed by atoms with E-state index in [9.17, 15) is 5.11 Å². The van der Waals surface area contributed by atoms with Gasteiger partial charge in [0.15, 0.2) is 6.79 Å². The van der Waals surface area contributed by atoms with E-state index < -0.39 is 0 Å². The van der Waals surface area contributed by atoms with Crippen LogP contribution < -0.4 is 0 Å². The van der Waals surface area contributed by atoms with Gasteiger partial charge in [-0.15, -0.1) is 0 Å². The zero-order valence-corrected chi connectivity index (χ0v) is 24.9. The van der Waals surface area contributed by atoms with Gasteiger partial charge >= 0.3 is 0 Å². The lowest BCUT2D eigenvalue weighted by atomic mass is 9.82. The Morgan fingerprint density at radius 1 is 0.514 bits per heavy atom. The van der Waals surface area contributed by atoms with Crippen LogP contribution in [0.1, 0.15) is 145 Å². The molecule has 4 nitrogen and oxygen atoms in total. The minimum absolute atomic E-state index is 0.175. The van der Waals surface area contributed by atoms with E-state index in [1.165, 1.54) is 77.0 Å². The largest absolute Gasteiger partial charge is 0.393 e. The Morgan fingerprint density at radius 3 is 1.54 bits per heavy atom. The number of hydrogen-bond donors (Lipinski definition) is 1. The number of rotatable bonds is 26. The molecule has 0 aliphatic carbocycles. The van der Waals surface area contributed by atoms with E-state index >= 15 is 0 Å². The third-order valence-corrected chi connectivity index (χ3v) is 7.24. The summed E-state index contributed by atoms with van der Waals surface area (Å²) in [6.07, 6.45) is 18.6. The lowest BCUT2D eigenvalue weighted by molar-refractivity contribution is -0.336. The number of aliphatic hydroxyl groups is 1. The molecule has 0 spiro atoms. The SMILES string of the molecule is CCCCCCCCCCOCOOCCCC(C)CC(C)CC(C)CC(C)CC(C)CC(C)O. The number of hydrogen-bond acceptors (Lipinski definition) is 4. The summed E-state index contributed by atoms with van der Waals surface area (Å²) >= 11 is 0. The lowest BCUT2D eigenvalue weighted by Crippen LogP contribution is -2.14. The smallest absolute Gasteiger partial charge is 0.180 e. The van der Waals surface area contributed by atoms with Crippen LogP contribution in [-0.4, -0.2) is 31.2 Å². The molecule has 4 heteroatoms. The summed E-state index contributed by atoms with van der Waals surface area (Å²) in [6, 6.07) is 0. The number of aliphatic hydroxyl groups excluding tert-OH is 1. The molecule has 0 heterocycles. The number of ether oxygens (including phenoxy) is 1. The van der Waals surface area contributed by atoms with Gasteiger partial charge in [-0.25, -0.2) is 9.78 Å². The first kappa shape index (κ1) is 34.8. The van der Waals surface area contributed by atoms with Crippen LogP contribution in [0.3, 0.4) is 0 Å². The van der Waals surface area contributed by atoms with Crippen molar-refractivity contribution in [2.75, 3.05) is 20.0 Å². The van der Waals surface area contributed by atoms with Gasteiger partial charge in [0.2, 0.25) is 0 Å². The summed E-state index contributed by atoms with van der Waals surface area (Å²) in [5, 5.41) is 9.58. The molecule has 1 N–H and O–H groups in total. The van der Waals surface area contributed by atoms with Gasteiger partial charge in [-0.2, -0.15) is 0 Å². The van der Waals surface area contributed by atoms with Gasteiger partial charge in [-0.1, -0.05) is 86.5 Å². The summed E-state index contributed by atoms with van der Waals surface area (Å²) in [7, 11) is 0. The Kier molecular flexibility index (Phi) is 24.1. The van der Waals surface area contributed by atoms with E-state index in [0.29, 0.717) is 12.5 Å². The van der Waals surface area contributed by atoms with E-state index in [4.69, 9.17) is 14.5 Å². The van der Waals surface area contributed by atoms with Crippen molar-refractivity contribution in [1.29, 1.82) is 0 Å². The highest BCUT2D eigenvalue weighted by molar-refractivity contribution is 4.68. The minimum atomic E-state index is -0.175. The van der Waals surface area contributed by atoms with Crippen LogP contribution in [0.5, 0.6) is 0 Å². The van der Waals surface area contributed by atoms with Crippen molar-refractivity contribution < 1.29 is 19.6 Å². The van der Waals surface area contributed by atoms with Gasteiger partial charge in [-0.3, -0.25) is 0 Å². The topological polar surface area (TPSA) is 47.9 Å². The summed E-state index contributed by atoms with van der Waals surface area (Å²) in [5.41, 5.74) is 0. The maximum atomic E-state index is 9.58. The van der Waals surface area contributed by atoms with Crippen molar-refractivity contribution in [3.05, 3.63) is 0 Å². The molecule has 0 aromatic rings. The molecule has 0 aromatic heterocycles. The Morgan fingerprint density at radius 2 is 1.00 bits per heavy atom. The molecule has 212 valence electrons. The molecular formula is C31H64O4. The molecule has 0 fully saturated rings. The minimum Gasteiger partial charge on any atom is -0.393 e. The van der Waals surface area contributed by atoms with Crippen LogP contribution >= 0.6 is 0 Å². The second-order valence-electron chi connectivity index (χ2n) is 12.1. The van der Waals surface area contributed by atoms with E-state index in [1.807, 2.05) is 6.92 Å². The molecule has 35 heavy (non-hydrogen) atoms. The molecule has 0 bridgehead atoms. The van der Waals surface area contributed by atoms with Gasteiger partial charge in [-0.05, 0) is 87.9 Å². The molecule has 0 rings (SSSR count). The average Bonchev–Trinajstić information content (AvgIpc) is 2.75. The van der Waals surface area contributed by atoms with Crippen molar-refractivity contribution >= 4 is 0 Å². The molecule has 0 aliphatic rings. The van der Waals surface area contributed by atoms with Gasteiger partial charge in [0.25, 0.3) is 0 Å². The van der Waals surface area contributed by atoms with Crippen molar-refractivity contribution in [1.82, 2.24) is 0 Å². The summed E-state index contributed by atoms with van der Waals surface area (Å²) in [4.78, 5) is 10.5. The average molecular weight is 501 g/mol. The fraction of sp³-hybridized carbons (Fsp3) is 1.00. The van der Waals surface area contributed by atoms with E-state index in [1.54, 1.807) is 0 Å². The lowest BCUT2D eigenvalue weighted by Gasteiger charge is -2.24. The molecule has 6 atom stereocenters. The highest BCUT2D eigenvalue weighted by atomic mass is 17.2. The summed E-state index contributed by atoms with van der Waals surface area (Å²) < 4.78 is 5.50. The predicted molar refractivity (Wildman–Crippen MR) is 150 cm³/mol. The third kappa shape index (κ3) is 25.3. The summed E-state index contributed by atoms with van der Waals surface area (Å²) in [5.74, 6) is 3.62. The van der Waals surface area contributed by atoms with Crippen LogP contribution in [0.2, 0.25) is 0 Å². The Hall–Kier alpha value is -0.160. The highest BCUT2D eigenvalue weighted by Gasteiger charge is 2.17. The Bertz CT molecular complexity index is 428. The van der Waals surface area contributed by atoms with Gasteiger partial charge in [0.1, 0.15) is 0 Å².